The molecule has 3 N–H and O–H groups in total. The zero-order chi connectivity index (χ0) is 17.0. The van der Waals surface area contributed by atoms with E-state index in [1.54, 1.807) is 6.07 Å². The molecular formula is C17H26N2O4. The molecule has 0 aromatic heterocycles. The molecule has 0 aliphatic heterocycles. The second kappa shape index (κ2) is 7.08. The number of hydrogen-bond donors (Lipinski definition) is 3. The van der Waals surface area contributed by atoms with Gasteiger partial charge in [-0.1, -0.05) is 12.1 Å². The molecule has 2 rings (SSSR count). The van der Waals surface area contributed by atoms with Crippen LogP contribution in [0.25, 0.3) is 0 Å². The summed E-state index contributed by atoms with van der Waals surface area (Å²) in [5.41, 5.74) is 0.322. The summed E-state index contributed by atoms with van der Waals surface area (Å²) >= 11 is 0. The lowest BCUT2D eigenvalue weighted by molar-refractivity contribution is 0.0465. The van der Waals surface area contributed by atoms with E-state index in [0.29, 0.717) is 18.3 Å². The van der Waals surface area contributed by atoms with E-state index >= 15 is 0 Å². The maximum absolute atomic E-state index is 11.7. The van der Waals surface area contributed by atoms with Crippen molar-refractivity contribution in [3.8, 4) is 11.5 Å². The van der Waals surface area contributed by atoms with Crippen LogP contribution in [0.1, 0.15) is 39.2 Å². The fourth-order valence-corrected chi connectivity index (χ4v) is 2.51. The number of ether oxygens (including phenoxy) is 2. The van der Waals surface area contributed by atoms with Gasteiger partial charge in [0.25, 0.3) is 0 Å². The van der Waals surface area contributed by atoms with Crippen LogP contribution in [0, 0.1) is 0 Å². The fourth-order valence-electron chi connectivity index (χ4n) is 2.51. The average Bonchev–Trinajstić information content (AvgIpc) is 2.40. The van der Waals surface area contributed by atoms with E-state index in [2.05, 4.69) is 10.6 Å². The largest absolute Gasteiger partial charge is 0.504 e. The molecule has 1 saturated carbocycles. The molecule has 0 heterocycles. The summed E-state index contributed by atoms with van der Waals surface area (Å²) in [6.07, 6.45) is 1.33. The Morgan fingerprint density at radius 2 is 2.00 bits per heavy atom. The van der Waals surface area contributed by atoms with E-state index in [4.69, 9.17) is 9.47 Å². The lowest BCUT2D eigenvalue weighted by atomic mass is 9.86. The summed E-state index contributed by atoms with van der Waals surface area (Å²) in [6.45, 7) is 6.10. The molecule has 1 amide bonds. The highest BCUT2D eigenvalue weighted by molar-refractivity contribution is 5.68. The van der Waals surface area contributed by atoms with Gasteiger partial charge in [-0.05, 0) is 39.7 Å². The van der Waals surface area contributed by atoms with Crippen LogP contribution in [0.15, 0.2) is 18.2 Å². The molecule has 0 spiro atoms. The van der Waals surface area contributed by atoms with E-state index in [9.17, 15) is 9.90 Å². The van der Waals surface area contributed by atoms with Crippen molar-refractivity contribution in [3.05, 3.63) is 23.8 Å². The Kier molecular flexibility index (Phi) is 5.36. The first-order chi connectivity index (χ1) is 10.8. The Morgan fingerprint density at radius 3 is 2.61 bits per heavy atom. The van der Waals surface area contributed by atoms with Gasteiger partial charge in [0.1, 0.15) is 5.60 Å². The minimum absolute atomic E-state index is 0.140. The number of phenols is 1. The summed E-state index contributed by atoms with van der Waals surface area (Å²) in [6, 6.07) is 5.90. The predicted octanol–water partition coefficient (Wildman–Crippen LogP) is 2.55. The number of hydrogen-bond acceptors (Lipinski definition) is 5. The Bertz CT molecular complexity index is 548. The maximum atomic E-state index is 11.7. The van der Waals surface area contributed by atoms with Crippen LogP contribution < -0.4 is 15.4 Å². The van der Waals surface area contributed by atoms with E-state index in [-0.39, 0.29) is 17.9 Å². The van der Waals surface area contributed by atoms with Gasteiger partial charge in [0.2, 0.25) is 0 Å². The highest BCUT2D eigenvalue weighted by Crippen LogP contribution is 2.30. The Morgan fingerprint density at radius 1 is 1.30 bits per heavy atom. The van der Waals surface area contributed by atoms with Crippen molar-refractivity contribution in [1.82, 2.24) is 10.6 Å². The molecule has 0 saturated heterocycles. The highest BCUT2D eigenvalue weighted by atomic mass is 16.6. The second-order valence-corrected chi connectivity index (χ2v) is 6.86. The van der Waals surface area contributed by atoms with Crippen molar-refractivity contribution in [3.63, 3.8) is 0 Å². The number of benzene rings is 1. The van der Waals surface area contributed by atoms with E-state index in [1.165, 1.54) is 7.11 Å². The molecule has 23 heavy (non-hydrogen) atoms. The Labute approximate surface area is 137 Å². The summed E-state index contributed by atoms with van der Waals surface area (Å²) < 4.78 is 10.3. The zero-order valence-electron chi connectivity index (χ0n) is 14.2. The van der Waals surface area contributed by atoms with Crippen molar-refractivity contribution in [2.24, 2.45) is 0 Å². The van der Waals surface area contributed by atoms with Crippen LogP contribution in [0.2, 0.25) is 0 Å². The van der Waals surface area contributed by atoms with Gasteiger partial charge in [0.15, 0.2) is 11.5 Å². The number of amides is 1. The number of carbonyl (C=O) groups excluding carboxylic acids is 1. The molecule has 128 valence electrons. The molecule has 0 bridgehead atoms. The quantitative estimate of drug-likeness (QED) is 0.776. The van der Waals surface area contributed by atoms with Crippen LogP contribution in [0.3, 0.4) is 0 Å². The molecule has 0 unspecified atom stereocenters. The third kappa shape index (κ3) is 5.03. The molecule has 1 aliphatic rings. The van der Waals surface area contributed by atoms with Crippen LogP contribution >= 0.6 is 0 Å². The fraction of sp³-hybridized carbons (Fsp3) is 0.588. The van der Waals surface area contributed by atoms with Gasteiger partial charge >= 0.3 is 6.09 Å². The predicted molar refractivity (Wildman–Crippen MR) is 87.7 cm³/mol. The molecule has 6 nitrogen and oxygen atoms in total. The van der Waals surface area contributed by atoms with Crippen molar-refractivity contribution >= 4 is 6.09 Å². The van der Waals surface area contributed by atoms with Crippen LogP contribution in [-0.4, -0.2) is 36.0 Å². The van der Waals surface area contributed by atoms with Crippen LogP contribution in [0.4, 0.5) is 4.79 Å². The van der Waals surface area contributed by atoms with Crippen molar-refractivity contribution < 1.29 is 19.4 Å². The van der Waals surface area contributed by atoms with E-state index < -0.39 is 5.60 Å². The maximum Gasteiger partial charge on any atom is 0.407 e. The van der Waals surface area contributed by atoms with Gasteiger partial charge in [0.05, 0.1) is 7.11 Å². The molecular weight excluding hydrogens is 296 g/mol. The number of rotatable bonds is 5. The number of phenolic OH excluding ortho intramolecular Hbond substituents is 1. The SMILES string of the molecule is COc1cccc(CNC2CC(NC(=O)OC(C)(C)C)C2)c1O. The van der Waals surface area contributed by atoms with E-state index in [0.717, 1.165) is 18.4 Å². The molecule has 0 atom stereocenters. The number of para-hydroxylation sites is 1. The van der Waals surface area contributed by atoms with Gasteiger partial charge in [0, 0.05) is 24.2 Å². The molecule has 1 fully saturated rings. The summed E-state index contributed by atoms with van der Waals surface area (Å²) in [5.74, 6) is 0.646. The first-order valence-corrected chi connectivity index (χ1v) is 7.86. The van der Waals surface area contributed by atoms with Gasteiger partial charge in [-0.2, -0.15) is 0 Å². The van der Waals surface area contributed by atoms with Gasteiger partial charge in [-0.25, -0.2) is 4.79 Å². The topological polar surface area (TPSA) is 79.8 Å². The second-order valence-electron chi connectivity index (χ2n) is 6.86. The van der Waals surface area contributed by atoms with Gasteiger partial charge in [-0.3, -0.25) is 0 Å². The lowest BCUT2D eigenvalue weighted by Crippen LogP contribution is -2.52. The third-order valence-corrected chi connectivity index (χ3v) is 3.74. The standard InChI is InChI=1S/C17H26N2O4/c1-17(2,3)23-16(21)19-13-8-12(9-13)18-10-11-6-5-7-14(22-4)15(11)20/h5-7,12-13,18,20H,8-10H2,1-4H3,(H,19,21). The summed E-state index contributed by atoms with van der Waals surface area (Å²) in [4.78, 5) is 11.7. The molecule has 0 radical (unpaired) electrons. The smallest absolute Gasteiger partial charge is 0.407 e. The molecule has 1 aliphatic carbocycles. The highest BCUT2D eigenvalue weighted by Gasteiger charge is 2.31. The Hall–Kier alpha value is -1.95. The van der Waals surface area contributed by atoms with Crippen LogP contribution in [-0.2, 0) is 11.3 Å². The van der Waals surface area contributed by atoms with Crippen molar-refractivity contribution in [1.29, 1.82) is 0 Å². The average molecular weight is 322 g/mol. The van der Waals surface area contributed by atoms with Gasteiger partial charge < -0.3 is 25.2 Å². The molecule has 6 heteroatoms. The molecule has 1 aromatic carbocycles. The first kappa shape index (κ1) is 17.4. The molecule has 1 aromatic rings. The monoisotopic (exact) mass is 322 g/mol. The number of carbonyl (C=O) groups is 1. The van der Waals surface area contributed by atoms with Crippen LogP contribution in [0.5, 0.6) is 11.5 Å². The Balaban J connectivity index is 1.72. The van der Waals surface area contributed by atoms with Crippen molar-refractivity contribution in [2.45, 2.75) is 57.8 Å². The lowest BCUT2D eigenvalue weighted by Gasteiger charge is -2.36. The number of alkyl carbamates (subject to hydrolysis) is 1. The number of aromatic hydroxyl groups is 1. The minimum Gasteiger partial charge on any atom is -0.504 e. The minimum atomic E-state index is -0.477. The number of nitrogens with one attached hydrogen (secondary N) is 2. The summed E-state index contributed by atoms with van der Waals surface area (Å²) in [7, 11) is 1.53. The van der Waals surface area contributed by atoms with Crippen molar-refractivity contribution in [2.75, 3.05) is 7.11 Å². The zero-order valence-corrected chi connectivity index (χ0v) is 14.2. The summed E-state index contributed by atoms with van der Waals surface area (Å²) in [5, 5.41) is 16.3. The van der Waals surface area contributed by atoms with E-state index in [1.807, 2.05) is 32.9 Å². The van der Waals surface area contributed by atoms with Gasteiger partial charge in [-0.15, -0.1) is 0 Å². The third-order valence-electron chi connectivity index (χ3n) is 3.74. The first-order valence-electron chi connectivity index (χ1n) is 7.86. The number of methoxy groups -OCH3 is 1. The normalized spacial score (nSPS) is 20.5.